The quantitative estimate of drug-likeness (QED) is 0.811. The summed E-state index contributed by atoms with van der Waals surface area (Å²) >= 11 is 1.66. The molecule has 21 heavy (non-hydrogen) atoms. The molecule has 0 radical (unpaired) electrons. The molecular weight excluding hydrogens is 284 g/mol. The van der Waals surface area contributed by atoms with Crippen LogP contribution in [0.15, 0.2) is 41.1 Å². The number of hydrogen-bond acceptors (Lipinski definition) is 3. The van der Waals surface area contributed by atoms with E-state index in [-0.39, 0.29) is 12.1 Å². The molecule has 4 nitrogen and oxygen atoms in total. The van der Waals surface area contributed by atoms with E-state index >= 15 is 0 Å². The van der Waals surface area contributed by atoms with Crippen LogP contribution in [0.2, 0.25) is 0 Å². The van der Waals surface area contributed by atoms with Crippen LogP contribution in [-0.2, 0) is 12.8 Å². The van der Waals surface area contributed by atoms with E-state index in [0.717, 1.165) is 17.5 Å². The maximum atomic E-state index is 12.0. The monoisotopic (exact) mass is 302 g/mol. The van der Waals surface area contributed by atoms with Crippen LogP contribution < -0.4 is 10.6 Å². The fourth-order valence-electron chi connectivity index (χ4n) is 2.70. The molecule has 0 spiro atoms. The number of nitrogens with one attached hydrogen (secondary N) is 2. The van der Waals surface area contributed by atoms with Crippen molar-refractivity contribution < 1.29 is 9.90 Å². The molecule has 1 aliphatic carbocycles. The number of thiophene rings is 1. The van der Waals surface area contributed by atoms with E-state index in [1.54, 1.807) is 11.3 Å². The lowest BCUT2D eigenvalue weighted by Crippen LogP contribution is -2.41. The standard InChI is InChI=1S/C16H18N2O2S/c19-14-9-12-3-1-2-4-13(12)15(14)18-16(20)17-7-5-11-6-8-21-10-11/h1-4,6,8,10,14-15,19H,5,7,9H2,(H2,17,18,20). The Kier molecular flexibility index (Phi) is 4.22. The van der Waals surface area contributed by atoms with Gasteiger partial charge in [-0.2, -0.15) is 11.3 Å². The van der Waals surface area contributed by atoms with E-state index in [2.05, 4.69) is 22.1 Å². The lowest BCUT2D eigenvalue weighted by atomic mass is 10.1. The molecule has 0 aliphatic heterocycles. The van der Waals surface area contributed by atoms with Gasteiger partial charge in [-0.3, -0.25) is 0 Å². The summed E-state index contributed by atoms with van der Waals surface area (Å²) in [6.07, 6.45) is 0.863. The van der Waals surface area contributed by atoms with Crippen molar-refractivity contribution in [3.8, 4) is 0 Å². The molecule has 3 N–H and O–H groups in total. The summed E-state index contributed by atoms with van der Waals surface area (Å²) in [5.74, 6) is 0. The molecule has 1 heterocycles. The summed E-state index contributed by atoms with van der Waals surface area (Å²) in [4.78, 5) is 12.0. The lowest BCUT2D eigenvalue weighted by Gasteiger charge is -2.18. The fourth-order valence-corrected chi connectivity index (χ4v) is 3.40. The van der Waals surface area contributed by atoms with Gasteiger partial charge in [-0.25, -0.2) is 4.79 Å². The van der Waals surface area contributed by atoms with Crippen molar-refractivity contribution in [2.45, 2.75) is 25.0 Å². The van der Waals surface area contributed by atoms with Gasteiger partial charge in [-0.05, 0) is 39.9 Å². The van der Waals surface area contributed by atoms with Gasteiger partial charge >= 0.3 is 6.03 Å². The summed E-state index contributed by atoms with van der Waals surface area (Å²) in [5.41, 5.74) is 3.35. The van der Waals surface area contributed by atoms with Crippen molar-refractivity contribution in [1.29, 1.82) is 0 Å². The molecule has 2 atom stereocenters. The smallest absolute Gasteiger partial charge is 0.315 e. The Morgan fingerprint density at radius 3 is 3.00 bits per heavy atom. The van der Waals surface area contributed by atoms with Crippen LogP contribution in [-0.4, -0.2) is 23.8 Å². The van der Waals surface area contributed by atoms with E-state index in [4.69, 9.17) is 0 Å². The zero-order valence-corrected chi connectivity index (χ0v) is 12.4. The Bertz CT molecular complexity index is 612. The first-order chi connectivity index (χ1) is 10.2. The number of benzene rings is 1. The predicted molar refractivity (Wildman–Crippen MR) is 83.5 cm³/mol. The Morgan fingerprint density at radius 2 is 2.19 bits per heavy atom. The number of carbonyl (C=O) groups excluding carboxylic acids is 1. The summed E-state index contributed by atoms with van der Waals surface area (Å²) in [5, 5.41) is 19.9. The number of rotatable bonds is 4. The van der Waals surface area contributed by atoms with Gasteiger partial charge in [0.1, 0.15) is 0 Å². The van der Waals surface area contributed by atoms with Gasteiger partial charge in [0.2, 0.25) is 0 Å². The van der Waals surface area contributed by atoms with Crippen molar-refractivity contribution in [1.82, 2.24) is 10.6 Å². The summed E-state index contributed by atoms with van der Waals surface area (Å²) < 4.78 is 0. The van der Waals surface area contributed by atoms with Crippen LogP contribution >= 0.6 is 11.3 Å². The maximum Gasteiger partial charge on any atom is 0.315 e. The van der Waals surface area contributed by atoms with Crippen molar-refractivity contribution in [3.63, 3.8) is 0 Å². The number of hydrogen-bond donors (Lipinski definition) is 3. The molecule has 1 aromatic carbocycles. The number of aliphatic hydroxyl groups excluding tert-OH is 1. The highest BCUT2D eigenvalue weighted by atomic mass is 32.1. The van der Waals surface area contributed by atoms with Gasteiger partial charge < -0.3 is 15.7 Å². The third-order valence-corrected chi connectivity index (χ3v) is 4.50. The first kappa shape index (κ1) is 14.1. The van der Waals surface area contributed by atoms with E-state index in [9.17, 15) is 9.90 Å². The average molecular weight is 302 g/mol. The zero-order chi connectivity index (χ0) is 14.7. The molecule has 5 heteroatoms. The first-order valence-corrected chi connectivity index (χ1v) is 7.99. The Labute approximate surface area is 127 Å². The van der Waals surface area contributed by atoms with E-state index in [0.29, 0.717) is 13.0 Å². The Hall–Kier alpha value is -1.85. The Morgan fingerprint density at radius 1 is 1.33 bits per heavy atom. The second kappa shape index (κ2) is 6.28. The molecule has 0 fully saturated rings. The van der Waals surface area contributed by atoms with E-state index in [1.165, 1.54) is 5.56 Å². The van der Waals surface area contributed by atoms with Gasteiger partial charge in [-0.1, -0.05) is 24.3 Å². The highest BCUT2D eigenvalue weighted by Gasteiger charge is 2.31. The third kappa shape index (κ3) is 3.25. The fraction of sp³-hybridized carbons (Fsp3) is 0.312. The molecule has 2 aromatic rings. The molecule has 3 rings (SSSR count). The molecule has 0 bridgehead atoms. The van der Waals surface area contributed by atoms with Gasteiger partial charge in [0, 0.05) is 13.0 Å². The first-order valence-electron chi connectivity index (χ1n) is 7.05. The van der Waals surface area contributed by atoms with E-state index < -0.39 is 6.10 Å². The van der Waals surface area contributed by atoms with Gasteiger partial charge in [-0.15, -0.1) is 0 Å². The van der Waals surface area contributed by atoms with Crippen molar-refractivity contribution in [2.75, 3.05) is 6.54 Å². The normalized spacial score (nSPS) is 20.0. The van der Waals surface area contributed by atoms with Crippen LogP contribution in [0.25, 0.3) is 0 Å². The van der Waals surface area contributed by atoms with Gasteiger partial charge in [0.05, 0.1) is 12.1 Å². The molecule has 1 aromatic heterocycles. The minimum Gasteiger partial charge on any atom is -0.390 e. The molecule has 0 saturated heterocycles. The second-order valence-corrected chi connectivity index (χ2v) is 6.01. The zero-order valence-electron chi connectivity index (χ0n) is 11.6. The van der Waals surface area contributed by atoms with Gasteiger partial charge in [0.15, 0.2) is 0 Å². The second-order valence-electron chi connectivity index (χ2n) is 5.23. The average Bonchev–Trinajstić information content (AvgIpc) is 3.08. The maximum absolute atomic E-state index is 12.0. The summed E-state index contributed by atoms with van der Waals surface area (Å²) in [6, 6.07) is 9.35. The minimum absolute atomic E-state index is 0.231. The molecule has 2 amide bonds. The van der Waals surface area contributed by atoms with Crippen LogP contribution in [0.4, 0.5) is 4.79 Å². The van der Waals surface area contributed by atoms with Crippen molar-refractivity contribution in [3.05, 3.63) is 57.8 Å². The predicted octanol–water partition coefficient (Wildman–Crippen LogP) is 2.25. The molecule has 1 aliphatic rings. The third-order valence-electron chi connectivity index (χ3n) is 3.77. The minimum atomic E-state index is -0.551. The highest BCUT2D eigenvalue weighted by Crippen LogP contribution is 2.30. The number of urea groups is 1. The molecule has 110 valence electrons. The van der Waals surface area contributed by atoms with Gasteiger partial charge in [0.25, 0.3) is 0 Å². The highest BCUT2D eigenvalue weighted by molar-refractivity contribution is 7.07. The van der Waals surface area contributed by atoms with Crippen LogP contribution in [0.3, 0.4) is 0 Å². The Balaban J connectivity index is 1.53. The lowest BCUT2D eigenvalue weighted by molar-refractivity contribution is 0.142. The van der Waals surface area contributed by atoms with Crippen molar-refractivity contribution in [2.24, 2.45) is 0 Å². The number of aliphatic hydroxyl groups is 1. The largest absolute Gasteiger partial charge is 0.390 e. The summed E-state index contributed by atoms with van der Waals surface area (Å²) in [7, 11) is 0. The summed E-state index contributed by atoms with van der Waals surface area (Å²) in [6.45, 7) is 0.590. The van der Waals surface area contributed by atoms with Crippen LogP contribution in [0, 0.1) is 0 Å². The molecule has 0 saturated carbocycles. The van der Waals surface area contributed by atoms with E-state index in [1.807, 2.05) is 29.6 Å². The topological polar surface area (TPSA) is 61.4 Å². The van der Waals surface area contributed by atoms with Crippen LogP contribution in [0.1, 0.15) is 22.7 Å². The SMILES string of the molecule is O=C(NCCc1ccsc1)NC1c2ccccc2CC1O. The number of carbonyl (C=O) groups is 1. The van der Waals surface area contributed by atoms with Crippen LogP contribution in [0.5, 0.6) is 0 Å². The molecule has 2 unspecified atom stereocenters. The number of amides is 2. The van der Waals surface area contributed by atoms with Crippen molar-refractivity contribution >= 4 is 17.4 Å². The number of fused-ring (bicyclic) bond motifs is 1. The molecular formula is C16H18N2O2S.